The second-order valence-electron chi connectivity index (χ2n) is 4.65. The van der Waals surface area contributed by atoms with E-state index in [9.17, 15) is 0 Å². The van der Waals surface area contributed by atoms with Crippen molar-refractivity contribution >= 4 is 0 Å². The van der Waals surface area contributed by atoms with Gasteiger partial charge in [0.1, 0.15) is 23.6 Å². The van der Waals surface area contributed by atoms with Gasteiger partial charge in [0.25, 0.3) is 0 Å². The molecule has 0 radical (unpaired) electrons. The molecule has 0 aliphatic rings. The SMILES string of the molecule is Cc1ccc(-c2[nH]ncc2CNC(C)c2ncn[nH]2)o1. The van der Waals surface area contributed by atoms with Gasteiger partial charge in [0.15, 0.2) is 5.76 Å². The molecular weight excluding hydrogens is 256 g/mol. The van der Waals surface area contributed by atoms with Crippen LogP contribution in [0.2, 0.25) is 0 Å². The van der Waals surface area contributed by atoms with E-state index < -0.39 is 0 Å². The van der Waals surface area contributed by atoms with Gasteiger partial charge in [-0.25, -0.2) is 4.98 Å². The molecule has 20 heavy (non-hydrogen) atoms. The van der Waals surface area contributed by atoms with E-state index in [0.717, 1.165) is 28.6 Å². The zero-order valence-corrected chi connectivity index (χ0v) is 11.3. The third kappa shape index (κ3) is 2.48. The summed E-state index contributed by atoms with van der Waals surface area (Å²) in [6, 6.07) is 3.95. The predicted molar refractivity (Wildman–Crippen MR) is 72.7 cm³/mol. The predicted octanol–water partition coefficient (Wildman–Crippen LogP) is 1.95. The molecule has 0 fully saturated rings. The van der Waals surface area contributed by atoms with Gasteiger partial charge in [-0.3, -0.25) is 10.2 Å². The number of aryl methyl sites for hydroxylation is 1. The van der Waals surface area contributed by atoms with E-state index in [1.165, 1.54) is 6.33 Å². The van der Waals surface area contributed by atoms with E-state index in [2.05, 4.69) is 30.7 Å². The molecule has 0 aliphatic heterocycles. The Labute approximate surface area is 115 Å². The van der Waals surface area contributed by atoms with Crippen LogP contribution in [0.4, 0.5) is 0 Å². The lowest BCUT2D eigenvalue weighted by Crippen LogP contribution is -2.19. The maximum Gasteiger partial charge on any atom is 0.152 e. The van der Waals surface area contributed by atoms with E-state index in [1.54, 1.807) is 6.20 Å². The van der Waals surface area contributed by atoms with Crippen LogP contribution in [0, 0.1) is 6.92 Å². The quantitative estimate of drug-likeness (QED) is 0.659. The lowest BCUT2D eigenvalue weighted by Gasteiger charge is -2.10. The minimum atomic E-state index is 0.0820. The first-order valence-corrected chi connectivity index (χ1v) is 6.41. The Morgan fingerprint density at radius 2 is 2.20 bits per heavy atom. The topological polar surface area (TPSA) is 95.4 Å². The first kappa shape index (κ1) is 12.6. The van der Waals surface area contributed by atoms with E-state index in [4.69, 9.17) is 4.42 Å². The van der Waals surface area contributed by atoms with Gasteiger partial charge < -0.3 is 9.73 Å². The second-order valence-corrected chi connectivity index (χ2v) is 4.65. The summed E-state index contributed by atoms with van der Waals surface area (Å²) in [5.74, 6) is 2.48. The Bertz CT molecular complexity index is 669. The summed E-state index contributed by atoms with van der Waals surface area (Å²) in [7, 11) is 0. The number of aromatic amines is 2. The van der Waals surface area contributed by atoms with Crippen LogP contribution < -0.4 is 5.32 Å². The molecule has 3 aromatic heterocycles. The molecule has 3 N–H and O–H groups in total. The molecule has 0 aliphatic carbocycles. The van der Waals surface area contributed by atoms with Crippen LogP contribution in [0.3, 0.4) is 0 Å². The van der Waals surface area contributed by atoms with Crippen molar-refractivity contribution in [3.63, 3.8) is 0 Å². The van der Waals surface area contributed by atoms with Gasteiger partial charge in [-0.1, -0.05) is 0 Å². The van der Waals surface area contributed by atoms with Gasteiger partial charge >= 0.3 is 0 Å². The number of nitrogens with one attached hydrogen (secondary N) is 3. The third-order valence-corrected chi connectivity index (χ3v) is 3.15. The van der Waals surface area contributed by atoms with Crippen molar-refractivity contribution in [1.82, 2.24) is 30.7 Å². The Balaban J connectivity index is 1.71. The van der Waals surface area contributed by atoms with Crippen molar-refractivity contribution in [3.05, 3.63) is 41.8 Å². The van der Waals surface area contributed by atoms with E-state index in [-0.39, 0.29) is 6.04 Å². The zero-order valence-electron chi connectivity index (χ0n) is 11.3. The molecule has 1 unspecified atom stereocenters. The Hall–Kier alpha value is -2.41. The third-order valence-electron chi connectivity index (χ3n) is 3.15. The van der Waals surface area contributed by atoms with Gasteiger partial charge in [0, 0.05) is 12.1 Å². The average molecular weight is 272 g/mol. The number of hydrogen-bond donors (Lipinski definition) is 3. The fraction of sp³-hybridized carbons (Fsp3) is 0.308. The van der Waals surface area contributed by atoms with Gasteiger partial charge in [-0.2, -0.15) is 10.2 Å². The van der Waals surface area contributed by atoms with Gasteiger partial charge in [-0.15, -0.1) is 0 Å². The van der Waals surface area contributed by atoms with E-state index in [1.807, 2.05) is 26.0 Å². The molecule has 0 spiro atoms. The van der Waals surface area contributed by atoms with Gasteiger partial charge in [0.05, 0.1) is 12.2 Å². The minimum Gasteiger partial charge on any atom is -0.460 e. The normalized spacial score (nSPS) is 12.7. The molecule has 1 atom stereocenters. The standard InChI is InChI=1S/C13H16N6O/c1-8-3-4-11(20-8)12-10(6-16-18-12)5-14-9(2)13-15-7-17-19-13/h3-4,6-7,9,14H,5H2,1-2H3,(H,16,18)(H,15,17,19). The van der Waals surface area contributed by atoms with Crippen molar-refractivity contribution < 1.29 is 4.42 Å². The molecule has 7 nitrogen and oxygen atoms in total. The van der Waals surface area contributed by atoms with Gasteiger partial charge in [0.2, 0.25) is 0 Å². The molecule has 104 valence electrons. The number of hydrogen-bond acceptors (Lipinski definition) is 5. The van der Waals surface area contributed by atoms with Crippen molar-refractivity contribution in [3.8, 4) is 11.5 Å². The number of nitrogens with zero attached hydrogens (tertiary/aromatic N) is 3. The minimum absolute atomic E-state index is 0.0820. The highest BCUT2D eigenvalue weighted by atomic mass is 16.3. The number of rotatable bonds is 5. The highest BCUT2D eigenvalue weighted by molar-refractivity contribution is 5.56. The fourth-order valence-corrected chi connectivity index (χ4v) is 2.01. The lowest BCUT2D eigenvalue weighted by atomic mass is 10.2. The number of aromatic nitrogens is 5. The highest BCUT2D eigenvalue weighted by Gasteiger charge is 2.13. The van der Waals surface area contributed by atoms with Crippen molar-refractivity contribution in [1.29, 1.82) is 0 Å². The average Bonchev–Trinajstić information content (AvgIpc) is 3.16. The van der Waals surface area contributed by atoms with Crippen molar-refractivity contribution in [2.24, 2.45) is 0 Å². The van der Waals surface area contributed by atoms with E-state index >= 15 is 0 Å². The van der Waals surface area contributed by atoms with Crippen LogP contribution in [-0.4, -0.2) is 25.4 Å². The fourth-order valence-electron chi connectivity index (χ4n) is 2.01. The van der Waals surface area contributed by atoms with Crippen LogP contribution in [0.1, 0.15) is 30.1 Å². The van der Waals surface area contributed by atoms with Crippen molar-refractivity contribution in [2.45, 2.75) is 26.4 Å². The summed E-state index contributed by atoms with van der Waals surface area (Å²) < 4.78 is 5.62. The lowest BCUT2D eigenvalue weighted by molar-refractivity contribution is 0.537. The summed E-state index contributed by atoms with van der Waals surface area (Å²) in [6.07, 6.45) is 3.30. The summed E-state index contributed by atoms with van der Waals surface area (Å²) in [4.78, 5) is 4.13. The molecule has 7 heteroatoms. The summed E-state index contributed by atoms with van der Waals surface area (Å²) >= 11 is 0. The first-order valence-electron chi connectivity index (χ1n) is 6.41. The summed E-state index contributed by atoms with van der Waals surface area (Å²) in [5.41, 5.74) is 1.95. The summed E-state index contributed by atoms with van der Waals surface area (Å²) in [5, 5.41) is 17.1. The van der Waals surface area contributed by atoms with Gasteiger partial charge in [-0.05, 0) is 26.0 Å². The smallest absolute Gasteiger partial charge is 0.152 e. The number of H-pyrrole nitrogens is 2. The van der Waals surface area contributed by atoms with Crippen molar-refractivity contribution in [2.75, 3.05) is 0 Å². The molecule has 3 rings (SSSR count). The Morgan fingerprint density at radius 3 is 2.90 bits per heavy atom. The Kier molecular flexibility index (Phi) is 3.34. The molecule has 0 bridgehead atoms. The molecule has 0 saturated heterocycles. The zero-order chi connectivity index (χ0) is 13.9. The molecule has 3 heterocycles. The molecule has 0 aromatic carbocycles. The molecule has 0 saturated carbocycles. The van der Waals surface area contributed by atoms with Crippen LogP contribution >= 0.6 is 0 Å². The maximum atomic E-state index is 5.62. The first-order chi connectivity index (χ1) is 9.74. The Morgan fingerprint density at radius 1 is 1.30 bits per heavy atom. The van der Waals surface area contributed by atoms with Crippen LogP contribution in [0.15, 0.2) is 29.1 Å². The highest BCUT2D eigenvalue weighted by Crippen LogP contribution is 2.23. The summed E-state index contributed by atoms with van der Waals surface area (Å²) in [6.45, 7) is 4.61. The van der Waals surface area contributed by atoms with Crippen LogP contribution in [-0.2, 0) is 6.54 Å². The molecule has 3 aromatic rings. The van der Waals surface area contributed by atoms with E-state index in [0.29, 0.717) is 6.54 Å². The monoisotopic (exact) mass is 272 g/mol. The second kappa shape index (κ2) is 5.30. The maximum absolute atomic E-state index is 5.62. The number of furan rings is 1. The van der Waals surface area contributed by atoms with Crippen LogP contribution in [0.5, 0.6) is 0 Å². The largest absolute Gasteiger partial charge is 0.460 e. The molecule has 0 amide bonds. The van der Waals surface area contributed by atoms with Crippen LogP contribution in [0.25, 0.3) is 11.5 Å². The molecular formula is C13H16N6O.